The molecule has 0 aromatic heterocycles. The third kappa shape index (κ3) is 23.3. The number of ether oxygens (including phenoxy) is 2. The average molecular weight is 712 g/mol. The van der Waals surface area contributed by atoms with E-state index >= 15 is 0 Å². The van der Waals surface area contributed by atoms with Crippen LogP contribution in [-0.2, 0) is 14.3 Å². The van der Waals surface area contributed by atoms with Gasteiger partial charge in [-0.2, -0.15) is 0 Å². The zero-order valence-electron chi connectivity index (χ0n) is 31.9. The van der Waals surface area contributed by atoms with Gasteiger partial charge >= 0.3 is 0 Å². The normalized spacial score (nSPS) is 22.4. The second-order valence-corrected chi connectivity index (χ2v) is 14.4. The molecule has 0 spiro atoms. The number of unbranched alkanes of at least 4 members (excludes halogenated alkanes) is 19. The molecule has 7 unspecified atom stereocenters. The summed E-state index contributed by atoms with van der Waals surface area (Å²) in [5, 5.41) is 54.0. The van der Waals surface area contributed by atoms with Crippen LogP contribution < -0.4 is 5.32 Å². The van der Waals surface area contributed by atoms with Crippen molar-refractivity contribution in [3.05, 3.63) is 24.3 Å². The summed E-state index contributed by atoms with van der Waals surface area (Å²) in [6, 6.07) is -0.716. The van der Waals surface area contributed by atoms with Crippen LogP contribution in [0.15, 0.2) is 24.3 Å². The Bertz CT molecular complexity index is 837. The van der Waals surface area contributed by atoms with Gasteiger partial charge in [0, 0.05) is 6.42 Å². The Morgan fingerprint density at radius 3 is 1.76 bits per heavy atom. The average Bonchev–Trinajstić information content (AvgIpc) is 3.11. The SMILES string of the molecule is CCCCC/C=C\C/C=C\CCCCCCCCCCCC(=O)NC(COC1OC(CO)C(O)C(O)C1O)C(O)CCCCCCCCCC. The van der Waals surface area contributed by atoms with Crippen LogP contribution >= 0.6 is 0 Å². The van der Waals surface area contributed by atoms with Crippen molar-refractivity contribution in [1.82, 2.24) is 5.32 Å². The maximum atomic E-state index is 12.9. The largest absolute Gasteiger partial charge is 0.394 e. The van der Waals surface area contributed by atoms with E-state index < -0.39 is 49.5 Å². The number of allylic oxidation sites excluding steroid dienone is 4. The van der Waals surface area contributed by atoms with Gasteiger partial charge in [-0.3, -0.25) is 4.79 Å². The van der Waals surface area contributed by atoms with Crippen LogP contribution in [0.3, 0.4) is 0 Å². The molecule has 7 atom stereocenters. The van der Waals surface area contributed by atoms with Crippen LogP contribution in [0.1, 0.15) is 174 Å². The van der Waals surface area contributed by atoms with E-state index in [1.807, 2.05) is 0 Å². The number of hydrogen-bond donors (Lipinski definition) is 6. The topological polar surface area (TPSA) is 149 Å². The van der Waals surface area contributed by atoms with Crippen LogP contribution in [0.25, 0.3) is 0 Å². The van der Waals surface area contributed by atoms with Gasteiger partial charge in [-0.25, -0.2) is 0 Å². The lowest BCUT2D eigenvalue weighted by atomic mass is 9.99. The van der Waals surface area contributed by atoms with E-state index in [0.29, 0.717) is 12.8 Å². The molecule has 0 aliphatic carbocycles. The lowest BCUT2D eigenvalue weighted by Gasteiger charge is -2.40. The maximum Gasteiger partial charge on any atom is 0.220 e. The number of aliphatic hydroxyl groups excluding tert-OH is 5. The van der Waals surface area contributed by atoms with Gasteiger partial charge in [0.2, 0.25) is 5.91 Å². The summed E-state index contributed by atoms with van der Waals surface area (Å²) in [6.45, 7) is 3.75. The molecule has 1 aliphatic rings. The van der Waals surface area contributed by atoms with Crippen molar-refractivity contribution >= 4 is 5.91 Å². The molecule has 0 aromatic rings. The van der Waals surface area contributed by atoms with E-state index in [1.165, 1.54) is 103 Å². The second-order valence-electron chi connectivity index (χ2n) is 14.4. The van der Waals surface area contributed by atoms with Gasteiger partial charge in [0.25, 0.3) is 0 Å². The van der Waals surface area contributed by atoms with Crippen LogP contribution in [0.2, 0.25) is 0 Å². The number of rotatable bonds is 33. The van der Waals surface area contributed by atoms with E-state index in [-0.39, 0.29) is 12.5 Å². The van der Waals surface area contributed by atoms with Gasteiger partial charge in [-0.1, -0.05) is 147 Å². The molecule has 50 heavy (non-hydrogen) atoms. The highest BCUT2D eigenvalue weighted by molar-refractivity contribution is 5.76. The van der Waals surface area contributed by atoms with Crippen molar-refractivity contribution < 1.29 is 39.8 Å². The molecule has 294 valence electrons. The Hall–Kier alpha value is -1.33. The summed E-state index contributed by atoms with van der Waals surface area (Å²) in [6.07, 6.45) is 29.1. The minimum absolute atomic E-state index is 0.139. The summed E-state index contributed by atoms with van der Waals surface area (Å²) in [7, 11) is 0. The van der Waals surface area contributed by atoms with Gasteiger partial charge in [0.15, 0.2) is 6.29 Å². The van der Waals surface area contributed by atoms with Crippen LogP contribution in [0.4, 0.5) is 0 Å². The molecule has 9 heteroatoms. The Kier molecular flexibility index (Phi) is 30.2. The first-order valence-electron chi connectivity index (χ1n) is 20.5. The van der Waals surface area contributed by atoms with Crippen molar-refractivity contribution in [3.63, 3.8) is 0 Å². The highest BCUT2D eigenvalue weighted by Crippen LogP contribution is 2.23. The predicted molar refractivity (Wildman–Crippen MR) is 203 cm³/mol. The summed E-state index contributed by atoms with van der Waals surface area (Å²) in [5.74, 6) is -0.153. The molecular formula is C41H77NO8. The number of aliphatic hydroxyl groups is 5. The fourth-order valence-corrected chi connectivity index (χ4v) is 6.42. The maximum absolute atomic E-state index is 12.9. The molecule has 0 bridgehead atoms. The van der Waals surface area contributed by atoms with E-state index in [0.717, 1.165) is 44.9 Å². The highest BCUT2D eigenvalue weighted by Gasteiger charge is 2.44. The molecule has 1 saturated heterocycles. The van der Waals surface area contributed by atoms with Crippen molar-refractivity contribution in [2.24, 2.45) is 0 Å². The Labute approximate surface area is 305 Å². The fraction of sp³-hybridized carbons (Fsp3) is 0.878. The third-order valence-electron chi connectivity index (χ3n) is 9.81. The summed E-state index contributed by atoms with van der Waals surface area (Å²) in [4.78, 5) is 12.9. The monoisotopic (exact) mass is 712 g/mol. The number of amides is 1. The van der Waals surface area contributed by atoms with Gasteiger partial charge in [0.1, 0.15) is 24.4 Å². The minimum Gasteiger partial charge on any atom is -0.394 e. The molecular weight excluding hydrogens is 634 g/mol. The lowest BCUT2D eigenvalue weighted by molar-refractivity contribution is -0.302. The predicted octanol–water partition coefficient (Wildman–Crippen LogP) is 7.55. The first kappa shape index (κ1) is 46.7. The first-order chi connectivity index (χ1) is 24.3. The minimum atomic E-state index is -1.55. The van der Waals surface area contributed by atoms with Crippen molar-refractivity contribution in [3.8, 4) is 0 Å². The van der Waals surface area contributed by atoms with Gasteiger partial charge in [0.05, 0.1) is 25.4 Å². The Morgan fingerprint density at radius 1 is 0.680 bits per heavy atom. The molecule has 0 saturated carbocycles. The molecule has 6 N–H and O–H groups in total. The zero-order chi connectivity index (χ0) is 36.7. The summed E-state index contributed by atoms with van der Waals surface area (Å²) < 4.78 is 11.2. The molecule has 0 aromatic carbocycles. The van der Waals surface area contributed by atoms with Crippen molar-refractivity contribution in [1.29, 1.82) is 0 Å². The van der Waals surface area contributed by atoms with Crippen LogP contribution in [0, 0.1) is 0 Å². The standard InChI is InChI=1S/C41H77NO8/c1-3-5-7-9-11-13-14-15-16-17-18-19-20-21-22-23-25-27-29-31-37(45)42-34(35(44)30-28-26-24-12-10-8-6-4-2)33-49-41-40(48)39(47)38(46)36(32-43)50-41/h11,13,15-16,34-36,38-41,43-44,46-48H,3-10,12,14,17-33H2,1-2H3,(H,42,45)/b13-11-,16-15-. The van der Waals surface area contributed by atoms with Crippen LogP contribution in [-0.4, -0.2) is 87.5 Å². The van der Waals surface area contributed by atoms with E-state index in [2.05, 4.69) is 43.5 Å². The zero-order valence-corrected chi connectivity index (χ0v) is 31.9. The Balaban J connectivity index is 2.31. The molecule has 1 fully saturated rings. The molecule has 1 heterocycles. The number of nitrogens with one attached hydrogen (secondary N) is 1. The number of carbonyl (C=O) groups excluding carboxylic acids is 1. The van der Waals surface area contributed by atoms with Gasteiger partial charge in [-0.15, -0.1) is 0 Å². The molecule has 1 aliphatic heterocycles. The highest BCUT2D eigenvalue weighted by atomic mass is 16.7. The smallest absolute Gasteiger partial charge is 0.220 e. The molecule has 1 rings (SSSR count). The van der Waals surface area contributed by atoms with Gasteiger partial charge in [-0.05, 0) is 44.9 Å². The fourth-order valence-electron chi connectivity index (χ4n) is 6.42. The third-order valence-corrected chi connectivity index (χ3v) is 9.81. The van der Waals surface area contributed by atoms with Crippen molar-refractivity contribution in [2.45, 2.75) is 217 Å². The van der Waals surface area contributed by atoms with E-state index in [4.69, 9.17) is 9.47 Å². The lowest BCUT2D eigenvalue weighted by Crippen LogP contribution is -2.60. The quantitative estimate of drug-likeness (QED) is 0.0302. The molecule has 9 nitrogen and oxygen atoms in total. The Morgan fingerprint density at radius 2 is 1.18 bits per heavy atom. The van der Waals surface area contributed by atoms with Crippen molar-refractivity contribution in [2.75, 3.05) is 13.2 Å². The summed E-state index contributed by atoms with van der Waals surface area (Å²) >= 11 is 0. The molecule has 0 radical (unpaired) electrons. The second kappa shape index (κ2) is 32.3. The number of hydrogen-bond acceptors (Lipinski definition) is 8. The number of carbonyl (C=O) groups is 1. The molecule has 1 amide bonds. The van der Waals surface area contributed by atoms with E-state index in [9.17, 15) is 30.3 Å². The van der Waals surface area contributed by atoms with Crippen LogP contribution in [0.5, 0.6) is 0 Å². The first-order valence-corrected chi connectivity index (χ1v) is 20.5. The van der Waals surface area contributed by atoms with Gasteiger partial charge < -0.3 is 40.3 Å². The summed E-state index contributed by atoms with van der Waals surface area (Å²) in [5.41, 5.74) is 0. The van der Waals surface area contributed by atoms with E-state index in [1.54, 1.807) is 0 Å².